The Balaban J connectivity index is 1.52. The third-order valence-corrected chi connectivity index (χ3v) is 5.40. The van der Waals surface area contributed by atoms with Crippen LogP contribution in [0.15, 0.2) is 42.5 Å². The van der Waals surface area contributed by atoms with Crippen LogP contribution < -0.4 is 4.74 Å². The van der Waals surface area contributed by atoms with Crippen molar-refractivity contribution in [2.24, 2.45) is 0 Å². The van der Waals surface area contributed by atoms with E-state index in [4.69, 9.17) is 4.74 Å². The van der Waals surface area contributed by atoms with Crippen LogP contribution in [0.4, 0.5) is 0 Å². The molecule has 0 unspecified atom stereocenters. The maximum Gasteiger partial charge on any atom is 0.261 e. The van der Waals surface area contributed by atoms with E-state index >= 15 is 0 Å². The average Bonchev–Trinajstić information content (AvgIpc) is 3.16. The molecule has 4 rings (SSSR count). The van der Waals surface area contributed by atoms with Gasteiger partial charge in [-0.1, -0.05) is 12.1 Å². The van der Waals surface area contributed by atoms with Crippen LogP contribution >= 0.6 is 11.3 Å². The minimum atomic E-state index is -0.262. The summed E-state index contributed by atoms with van der Waals surface area (Å²) >= 11 is 1.48. The summed E-state index contributed by atoms with van der Waals surface area (Å²) in [6, 6.07) is 12.7. The zero-order valence-electron chi connectivity index (χ0n) is 15.1. The number of benzene rings is 2. The monoisotopic (exact) mass is 381 g/mol. The second-order valence-corrected chi connectivity index (χ2v) is 7.75. The van der Waals surface area contributed by atoms with Crippen LogP contribution in [-0.4, -0.2) is 53.8 Å². The van der Waals surface area contributed by atoms with Crippen molar-refractivity contribution >= 4 is 33.4 Å². The summed E-state index contributed by atoms with van der Waals surface area (Å²) in [5, 5.41) is 0.727. The van der Waals surface area contributed by atoms with Gasteiger partial charge in [0.1, 0.15) is 17.4 Å². The lowest BCUT2D eigenvalue weighted by molar-refractivity contribution is 0.0642. The molecule has 0 bridgehead atoms. The van der Waals surface area contributed by atoms with E-state index in [1.54, 1.807) is 24.3 Å². The first kappa shape index (κ1) is 17.6. The van der Waals surface area contributed by atoms with E-state index in [0.717, 1.165) is 27.5 Å². The number of hydrogen-bond acceptors (Lipinski definition) is 6. The highest BCUT2D eigenvalue weighted by Gasteiger charge is 2.35. The van der Waals surface area contributed by atoms with Gasteiger partial charge in [0, 0.05) is 12.6 Å². The summed E-state index contributed by atoms with van der Waals surface area (Å²) in [6.45, 7) is 1.62. The predicted molar refractivity (Wildman–Crippen MR) is 104 cm³/mol. The van der Waals surface area contributed by atoms with Crippen molar-refractivity contribution in [3.05, 3.63) is 58.6 Å². The normalized spacial score (nSPS) is 13.7. The average molecular weight is 381 g/mol. The SMILES string of the molecule is CN(C)CCOc1ccc2sc(CN3C(=O)c4ccccc4C3=O)nc2c1. The van der Waals surface area contributed by atoms with E-state index < -0.39 is 0 Å². The molecule has 138 valence electrons. The number of rotatable bonds is 6. The molecule has 0 atom stereocenters. The molecule has 27 heavy (non-hydrogen) atoms. The van der Waals surface area contributed by atoms with E-state index in [-0.39, 0.29) is 18.4 Å². The van der Waals surface area contributed by atoms with E-state index in [9.17, 15) is 9.59 Å². The molecular weight excluding hydrogens is 362 g/mol. The van der Waals surface area contributed by atoms with Gasteiger partial charge in [-0.3, -0.25) is 14.5 Å². The van der Waals surface area contributed by atoms with E-state index in [0.29, 0.717) is 17.7 Å². The summed E-state index contributed by atoms with van der Waals surface area (Å²) in [4.78, 5) is 32.9. The summed E-state index contributed by atoms with van der Waals surface area (Å²) < 4.78 is 6.75. The molecule has 3 aromatic rings. The van der Waals surface area contributed by atoms with Crippen molar-refractivity contribution in [3.63, 3.8) is 0 Å². The molecule has 0 saturated heterocycles. The summed E-state index contributed by atoms with van der Waals surface area (Å²) in [5.41, 5.74) is 1.73. The van der Waals surface area contributed by atoms with Crippen molar-refractivity contribution in [3.8, 4) is 5.75 Å². The number of nitrogens with zero attached hydrogens (tertiary/aromatic N) is 3. The fraction of sp³-hybridized carbons (Fsp3) is 0.250. The molecule has 1 aliphatic rings. The van der Waals surface area contributed by atoms with Crippen molar-refractivity contribution in [2.45, 2.75) is 6.54 Å². The van der Waals surface area contributed by atoms with Crippen LogP contribution in [0.2, 0.25) is 0 Å². The first-order valence-corrected chi connectivity index (χ1v) is 9.47. The molecule has 0 aliphatic carbocycles. The zero-order valence-corrected chi connectivity index (χ0v) is 16.0. The third kappa shape index (κ3) is 3.43. The number of thiazole rings is 1. The summed E-state index contributed by atoms with van der Waals surface area (Å²) in [7, 11) is 4.00. The number of hydrogen-bond donors (Lipinski definition) is 0. The van der Waals surface area contributed by atoms with Gasteiger partial charge in [0.05, 0.1) is 27.9 Å². The fourth-order valence-electron chi connectivity index (χ4n) is 2.98. The smallest absolute Gasteiger partial charge is 0.261 e. The lowest BCUT2D eigenvalue weighted by Gasteiger charge is -2.11. The Morgan fingerprint density at radius 1 is 1.07 bits per heavy atom. The topological polar surface area (TPSA) is 62.7 Å². The second-order valence-electron chi connectivity index (χ2n) is 6.63. The van der Waals surface area contributed by atoms with Crippen LogP contribution in [-0.2, 0) is 6.54 Å². The number of fused-ring (bicyclic) bond motifs is 2. The molecule has 0 saturated carbocycles. The number of ether oxygens (including phenoxy) is 1. The highest BCUT2D eigenvalue weighted by molar-refractivity contribution is 7.18. The molecule has 0 fully saturated rings. The first-order chi connectivity index (χ1) is 13.0. The van der Waals surface area contributed by atoms with Gasteiger partial charge < -0.3 is 9.64 Å². The van der Waals surface area contributed by atoms with Crippen molar-refractivity contribution in [1.82, 2.24) is 14.8 Å². The fourth-order valence-corrected chi connectivity index (χ4v) is 3.91. The van der Waals surface area contributed by atoms with Gasteiger partial charge in [-0.15, -0.1) is 11.3 Å². The maximum atomic E-state index is 12.5. The number of aromatic nitrogens is 1. The van der Waals surface area contributed by atoms with Crippen LogP contribution in [0.3, 0.4) is 0 Å². The molecule has 0 spiro atoms. The highest BCUT2D eigenvalue weighted by Crippen LogP contribution is 2.29. The Bertz CT molecular complexity index is 993. The summed E-state index contributed by atoms with van der Waals surface area (Å²) in [5.74, 6) is 0.243. The van der Waals surface area contributed by atoms with Crippen LogP contribution in [0, 0.1) is 0 Å². The number of carbonyl (C=O) groups excluding carboxylic acids is 2. The van der Waals surface area contributed by atoms with Gasteiger partial charge in [-0.2, -0.15) is 0 Å². The van der Waals surface area contributed by atoms with Gasteiger partial charge in [0.2, 0.25) is 0 Å². The Morgan fingerprint density at radius 3 is 2.44 bits per heavy atom. The van der Waals surface area contributed by atoms with Crippen LogP contribution in [0.1, 0.15) is 25.7 Å². The van der Waals surface area contributed by atoms with Crippen LogP contribution in [0.25, 0.3) is 10.2 Å². The molecule has 6 nitrogen and oxygen atoms in total. The number of carbonyl (C=O) groups is 2. The molecule has 2 heterocycles. The summed E-state index contributed by atoms with van der Waals surface area (Å²) in [6.07, 6.45) is 0. The number of amides is 2. The minimum Gasteiger partial charge on any atom is -0.492 e. The molecule has 1 aromatic heterocycles. The van der Waals surface area contributed by atoms with Gasteiger partial charge in [0.25, 0.3) is 11.8 Å². The van der Waals surface area contributed by atoms with Gasteiger partial charge >= 0.3 is 0 Å². The quantitative estimate of drug-likeness (QED) is 0.614. The van der Waals surface area contributed by atoms with Crippen molar-refractivity contribution in [2.75, 3.05) is 27.2 Å². The van der Waals surface area contributed by atoms with Crippen LogP contribution in [0.5, 0.6) is 5.75 Å². The zero-order chi connectivity index (χ0) is 19.0. The third-order valence-electron chi connectivity index (χ3n) is 4.38. The van der Waals surface area contributed by atoms with Gasteiger partial charge in [-0.25, -0.2) is 4.98 Å². The number of likely N-dealkylation sites (N-methyl/N-ethyl adjacent to an activating group) is 1. The predicted octanol–water partition coefficient (Wildman–Crippen LogP) is 3.03. The maximum absolute atomic E-state index is 12.5. The molecule has 2 aromatic carbocycles. The lowest BCUT2D eigenvalue weighted by Crippen LogP contribution is -2.28. The molecule has 7 heteroatoms. The van der Waals surface area contributed by atoms with Gasteiger partial charge in [0.15, 0.2) is 0 Å². The Morgan fingerprint density at radius 2 is 1.78 bits per heavy atom. The van der Waals surface area contributed by atoms with Gasteiger partial charge in [-0.05, 0) is 38.4 Å². The Hall–Kier alpha value is -2.77. The Kier molecular flexibility index (Phi) is 4.63. The van der Waals surface area contributed by atoms with E-state index in [1.807, 2.05) is 32.3 Å². The number of imide groups is 1. The van der Waals surface area contributed by atoms with E-state index in [1.165, 1.54) is 16.2 Å². The lowest BCUT2D eigenvalue weighted by atomic mass is 10.1. The largest absolute Gasteiger partial charge is 0.492 e. The van der Waals surface area contributed by atoms with Crippen molar-refractivity contribution in [1.29, 1.82) is 0 Å². The second kappa shape index (κ2) is 7.09. The molecule has 1 aliphatic heterocycles. The standard InChI is InChI=1S/C20H19N3O3S/c1-22(2)9-10-26-13-7-8-17-16(11-13)21-18(27-17)12-23-19(24)14-5-3-4-6-15(14)20(23)25/h3-8,11H,9-10,12H2,1-2H3. The molecule has 2 amide bonds. The highest BCUT2D eigenvalue weighted by atomic mass is 32.1. The first-order valence-electron chi connectivity index (χ1n) is 8.65. The molecular formula is C20H19N3O3S. The van der Waals surface area contributed by atoms with Crippen molar-refractivity contribution < 1.29 is 14.3 Å². The molecule has 0 radical (unpaired) electrons. The minimum absolute atomic E-state index is 0.183. The Labute approximate surface area is 161 Å². The van der Waals surface area contributed by atoms with E-state index in [2.05, 4.69) is 9.88 Å². The molecule has 0 N–H and O–H groups in total.